The smallest absolute Gasteiger partial charge is 0.266 e. The quantitative estimate of drug-likeness (QED) is 0.585. The average Bonchev–Trinajstić information content (AvgIpc) is 2.97. The number of thioether (sulfide) groups is 1. The van der Waals surface area contributed by atoms with Crippen LogP contribution in [0.4, 0.5) is 5.13 Å². The minimum absolute atomic E-state index is 0.229. The summed E-state index contributed by atoms with van der Waals surface area (Å²) >= 11 is 3.04. The van der Waals surface area contributed by atoms with E-state index < -0.39 is 6.10 Å². The molecule has 0 fully saturated rings. The lowest BCUT2D eigenvalue weighted by Gasteiger charge is -2.16. The number of hydrogen-bond donors (Lipinski definition) is 1. The number of amides is 1. The van der Waals surface area contributed by atoms with Crippen LogP contribution < -0.4 is 10.1 Å². The van der Waals surface area contributed by atoms with E-state index in [-0.39, 0.29) is 5.91 Å². The van der Waals surface area contributed by atoms with E-state index in [4.69, 9.17) is 4.74 Å². The molecule has 7 heteroatoms. The highest BCUT2D eigenvalue weighted by Crippen LogP contribution is 2.27. The molecule has 0 bridgehead atoms. The van der Waals surface area contributed by atoms with Gasteiger partial charge in [-0.2, -0.15) is 0 Å². The second-order valence-electron chi connectivity index (χ2n) is 6.03. The van der Waals surface area contributed by atoms with Crippen LogP contribution in [0, 0.1) is 19.8 Å². The minimum Gasteiger partial charge on any atom is -0.481 e. The first-order valence-corrected chi connectivity index (χ1v) is 9.67. The van der Waals surface area contributed by atoms with Crippen LogP contribution in [0.2, 0.25) is 0 Å². The number of nitrogens with one attached hydrogen (secondary N) is 1. The Morgan fingerprint density at radius 1 is 1.29 bits per heavy atom. The van der Waals surface area contributed by atoms with E-state index in [0.717, 1.165) is 27.0 Å². The normalized spacial score (nSPS) is 12.2. The zero-order chi connectivity index (χ0) is 17.7. The maximum Gasteiger partial charge on any atom is 0.266 e. The Bertz CT molecular complexity index is 701. The molecule has 1 amide bonds. The lowest BCUT2D eigenvalue weighted by Crippen LogP contribution is -2.30. The number of aryl methyl sites for hydroxylation is 1. The Labute approximate surface area is 151 Å². The first kappa shape index (κ1) is 18.7. The molecule has 1 N–H and O–H groups in total. The molecule has 0 unspecified atom stereocenters. The lowest BCUT2D eigenvalue weighted by molar-refractivity contribution is -0.122. The summed E-state index contributed by atoms with van der Waals surface area (Å²) in [7, 11) is 0. The van der Waals surface area contributed by atoms with Gasteiger partial charge in [0.2, 0.25) is 5.13 Å². The van der Waals surface area contributed by atoms with Crippen molar-refractivity contribution < 1.29 is 9.53 Å². The van der Waals surface area contributed by atoms with Crippen molar-refractivity contribution in [3.63, 3.8) is 0 Å². The van der Waals surface area contributed by atoms with Crippen LogP contribution in [0.25, 0.3) is 0 Å². The molecular formula is C17H23N3O2S2. The fourth-order valence-corrected chi connectivity index (χ4v) is 3.59. The number of hydrogen-bond acceptors (Lipinski definition) is 6. The number of rotatable bonds is 7. The molecule has 0 aliphatic heterocycles. The van der Waals surface area contributed by atoms with Gasteiger partial charge in [0.25, 0.3) is 5.91 Å². The van der Waals surface area contributed by atoms with Crippen molar-refractivity contribution in [1.29, 1.82) is 0 Å². The molecule has 24 heavy (non-hydrogen) atoms. The number of carbonyl (C=O) groups is 1. The summed E-state index contributed by atoms with van der Waals surface area (Å²) in [6.07, 6.45) is -0.610. The molecule has 0 spiro atoms. The van der Waals surface area contributed by atoms with Crippen molar-refractivity contribution in [2.75, 3.05) is 11.1 Å². The molecule has 130 valence electrons. The SMILES string of the molecule is Cc1cccc(O[C@H](C)C(=O)Nc2nnc(SCC(C)C)s2)c1C. The minimum atomic E-state index is -0.610. The monoisotopic (exact) mass is 365 g/mol. The van der Waals surface area contributed by atoms with Crippen LogP contribution in [0.3, 0.4) is 0 Å². The molecule has 2 aromatic rings. The molecule has 2 rings (SSSR count). The van der Waals surface area contributed by atoms with Gasteiger partial charge in [-0.1, -0.05) is 49.1 Å². The van der Waals surface area contributed by atoms with Crippen molar-refractivity contribution in [3.05, 3.63) is 29.3 Å². The Morgan fingerprint density at radius 2 is 2.04 bits per heavy atom. The summed E-state index contributed by atoms with van der Waals surface area (Å²) in [6.45, 7) is 10.0. The fourth-order valence-electron chi connectivity index (χ4n) is 1.86. The first-order valence-electron chi connectivity index (χ1n) is 7.87. The number of aromatic nitrogens is 2. The maximum atomic E-state index is 12.3. The van der Waals surface area contributed by atoms with Gasteiger partial charge in [-0.3, -0.25) is 10.1 Å². The summed E-state index contributed by atoms with van der Waals surface area (Å²) in [5.74, 6) is 2.06. The topological polar surface area (TPSA) is 64.1 Å². The van der Waals surface area contributed by atoms with Crippen LogP contribution in [0.1, 0.15) is 31.9 Å². The van der Waals surface area contributed by atoms with Crippen molar-refractivity contribution in [1.82, 2.24) is 10.2 Å². The molecule has 0 radical (unpaired) electrons. The predicted molar refractivity (Wildman–Crippen MR) is 100 cm³/mol. The maximum absolute atomic E-state index is 12.3. The molecule has 0 saturated carbocycles. The van der Waals surface area contributed by atoms with Crippen LogP contribution in [0.5, 0.6) is 5.75 Å². The Hall–Kier alpha value is -1.60. The van der Waals surface area contributed by atoms with Crippen LogP contribution >= 0.6 is 23.1 Å². The van der Waals surface area contributed by atoms with E-state index in [1.807, 2.05) is 32.0 Å². The van der Waals surface area contributed by atoms with E-state index in [2.05, 4.69) is 29.4 Å². The van der Waals surface area contributed by atoms with E-state index in [9.17, 15) is 4.79 Å². The molecule has 0 aliphatic carbocycles. The average molecular weight is 366 g/mol. The number of nitrogens with zero attached hydrogens (tertiary/aromatic N) is 2. The Morgan fingerprint density at radius 3 is 2.75 bits per heavy atom. The summed E-state index contributed by atoms with van der Waals surface area (Å²) < 4.78 is 6.65. The standard InChI is InChI=1S/C17H23N3O2S2/c1-10(2)9-23-17-20-19-16(24-17)18-15(21)13(5)22-14-8-6-7-11(3)12(14)4/h6-8,10,13H,9H2,1-5H3,(H,18,19,21)/t13-/m1/s1. The Kier molecular flexibility index (Phi) is 6.62. The fraction of sp³-hybridized carbons (Fsp3) is 0.471. The molecule has 1 aromatic carbocycles. The summed E-state index contributed by atoms with van der Waals surface area (Å²) in [5.41, 5.74) is 2.18. The van der Waals surface area contributed by atoms with Gasteiger partial charge in [-0.05, 0) is 43.9 Å². The van der Waals surface area contributed by atoms with Crippen molar-refractivity contribution in [3.8, 4) is 5.75 Å². The molecule has 1 atom stereocenters. The second kappa shape index (κ2) is 8.48. The van der Waals surface area contributed by atoms with Crippen LogP contribution in [-0.4, -0.2) is 28.0 Å². The zero-order valence-corrected chi connectivity index (χ0v) is 16.3. The second-order valence-corrected chi connectivity index (χ2v) is 8.27. The van der Waals surface area contributed by atoms with Gasteiger partial charge in [0.05, 0.1) is 0 Å². The van der Waals surface area contributed by atoms with E-state index >= 15 is 0 Å². The molecule has 1 aromatic heterocycles. The van der Waals surface area contributed by atoms with Crippen LogP contribution in [-0.2, 0) is 4.79 Å². The third-order valence-corrected chi connectivity index (χ3v) is 5.80. The first-order chi connectivity index (χ1) is 11.4. The molecule has 5 nitrogen and oxygen atoms in total. The summed E-state index contributed by atoms with van der Waals surface area (Å²) in [4.78, 5) is 12.3. The summed E-state index contributed by atoms with van der Waals surface area (Å²) in [6, 6.07) is 5.81. The van der Waals surface area contributed by atoms with Crippen molar-refractivity contribution in [2.45, 2.75) is 45.1 Å². The Balaban J connectivity index is 1.93. The highest BCUT2D eigenvalue weighted by Gasteiger charge is 2.18. The van der Waals surface area contributed by atoms with Crippen LogP contribution in [0.15, 0.2) is 22.5 Å². The number of ether oxygens (including phenoxy) is 1. The molecule has 0 saturated heterocycles. The molecule has 1 heterocycles. The number of carbonyl (C=O) groups excluding carboxylic acids is 1. The predicted octanol–water partition coefficient (Wildman–Crippen LogP) is 4.31. The van der Waals surface area contributed by atoms with Gasteiger partial charge in [0.1, 0.15) is 5.75 Å². The highest BCUT2D eigenvalue weighted by atomic mass is 32.2. The number of anilines is 1. The van der Waals surface area contributed by atoms with Gasteiger partial charge in [0.15, 0.2) is 10.4 Å². The molecular weight excluding hydrogens is 342 g/mol. The molecule has 0 aliphatic rings. The van der Waals surface area contributed by atoms with Gasteiger partial charge < -0.3 is 4.74 Å². The van der Waals surface area contributed by atoms with Gasteiger partial charge >= 0.3 is 0 Å². The summed E-state index contributed by atoms with van der Waals surface area (Å²) in [5, 5.41) is 11.4. The zero-order valence-electron chi connectivity index (χ0n) is 14.6. The van der Waals surface area contributed by atoms with E-state index in [0.29, 0.717) is 11.0 Å². The van der Waals surface area contributed by atoms with Crippen molar-refractivity contribution in [2.24, 2.45) is 5.92 Å². The third-order valence-electron chi connectivity index (χ3n) is 3.40. The largest absolute Gasteiger partial charge is 0.481 e. The van der Waals surface area contributed by atoms with E-state index in [1.165, 1.54) is 11.3 Å². The van der Waals surface area contributed by atoms with Gasteiger partial charge in [0, 0.05) is 5.75 Å². The third kappa shape index (κ3) is 5.21. The van der Waals surface area contributed by atoms with Gasteiger partial charge in [-0.15, -0.1) is 10.2 Å². The van der Waals surface area contributed by atoms with Crippen molar-refractivity contribution >= 4 is 34.1 Å². The van der Waals surface area contributed by atoms with Gasteiger partial charge in [-0.25, -0.2) is 0 Å². The lowest BCUT2D eigenvalue weighted by atomic mass is 10.1. The highest BCUT2D eigenvalue weighted by molar-refractivity contribution is 8.01. The number of benzene rings is 1. The van der Waals surface area contributed by atoms with E-state index in [1.54, 1.807) is 18.7 Å².